The molecule has 0 aliphatic heterocycles. The van der Waals surface area contributed by atoms with Crippen molar-refractivity contribution in [3.8, 4) is 0 Å². The lowest BCUT2D eigenvalue weighted by Crippen LogP contribution is -2.45. The zero-order chi connectivity index (χ0) is 15.2. The van der Waals surface area contributed by atoms with Gasteiger partial charge in [-0.05, 0) is 74.7 Å². The van der Waals surface area contributed by atoms with Crippen molar-refractivity contribution >= 4 is 0 Å². The largest absolute Gasteiger partial charge is 0.314 e. The molecule has 1 nitrogen and oxygen atoms in total. The average molecular weight is 294 g/mol. The molecule has 2 aliphatic rings. The van der Waals surface area contributed by atoms with Crippen LogP contribution in [0, 0.1) is 29.6 Å². The Balaban J connectivity index is 1.92. The number of hydrogen-bond donors (Lipinski definition) is 1. The van der Waals surface area contributed by atoms with Crippen LogP contribution in [0.25, 0.3) is 0 Å². The molecule has 0 bridgehead atoms. The standard InChI is InChI=1S/C20H39N/c1-5-16-8-7-9-19(14-16)20(21-6-2)18-12-10-17(11-13-18)15(3)4/h15-21H,5-14H2,1-4H3. The van der Waals surface area contributed by atoms with E-state index in [9.17, 15) is 0 Å². The number of nitrogens with one attached hydrogen (secondary N) is 1. The fourth-order valence-electron chi connectivity index (χ4n) is 5.15. The van der Waals surface area contributed by atoms with E-state index in [0.29, 0.717) is 0 Å². The predicted molar refractivity (Wildman–Crippen MR) is 93.5 cm³/mol. The number of hydrogen-bond acceptors (Lipinski definition) is 1. The Morgan fingerprint density at radius 3 is 2.10 bits per heavy atom. The first-order chi connectivity index (χ1) is 10.2. The molecule has 2 rings (SSSR count). The van der Waals surface area contributed by atoms with Gasteiger partial charge in [0.2, 0.25) is 0 Å². The Kier molecular flexibility index (Phi) is 7.05. The first-order valence-electron chi connectivity index (χ1n) is 9.89. The van der Waals surface area contributed by atoms with Crippen molar-refractivity contribution in [3.05, 3.63) is 0 Å². The molecule has 0 aromatic rings. The molecule has 1 heteroatoms. The lowest BCUT2D eigenvalue weighted by Gasteiger charge is -2.42. The van der Waals surface area contributed by atoms with Crippen molar-refractivity contribution < 1.29 is 0 Å². The molecular formula is C20H39N. The highest BCUT2D eigenvalue weighted by molar-refractivity contribution is 4.89. The van der Waals surface area contributed by atoms with Crippen molar-refractivity contribution in [2.45, 2.75) is 91.5 Å². The highest BCUT2D eigenvalue weighted by Crippen LogP contribution is 2.41. The van der Waals surface area contributed by atoms with Gasteiger partial charge in [0.05, 0.1) is 0 Å². The van der Waals surface area contributed by atoms with Crippen LogP contribution >= 0.6 is 0 Å². The molecule has 0 radical (unpaired) electrons. The first-order valence-corrected chi connectivity index (χ1v) is 9.89. The van der Waals surface area contributed by atoms with E-state index in [2.05, 4.69) is 33.0 Å². The fourth-order valence-corrected chi connectivity index (χ4v) is 5.15. The summed E-state index contributed by atoms with van der Waals surface area (Å²) in [6, 6.07) is 0.817. The molecule has 1 N–H and O–H groups in total. The maximum absolute atomic E-state index is 3.91. The molecule has 0 aromatic heterocycles. The molecule has 0 spiro atoms. The van der Waals surface area contributed by atoms with Gasteiger partial charge in [-0.3, -0.25) is 0 Å². The molecule has 0 heterocycles. The summed E-state index contributed by atoms with van der Waals surface area (Å²) < 4.78 is 0. The monoisotopic (exact) mass is 293 g/mol. The summed E-state index contributed by atoms with van der Waals surface area (Å²) in [6.45, 7) is 10.7. The van der Waals surface area contributed by atoms with E-state index in [4.69, 9.17) is 0 Å². The Labute approximate surface area is 133 Å². The van der Waals surface area contributed by atoms with E-state index in [-0.39, 0.29) is 0 Å². The third-order valence-corrected chi connectivity index (χ3v) is 6.62. The van der Waals surface area contributed by atoms with Crippen LogP contribution in [0.1, 0.15) is 85.5 Å². The van der Waals surface area contributed by atoms with Gasteiger partial charge in [-0.25, -0.2) is 0 Å². The minimum atomic E-state index is 0.817. The van der Waals surface area contributed by atoms with Gasteiger partial charge in [0.15, 0.2) is 0 Å². The normalized spacial score (nSPS) is 35.9. The zero-order valence-corrected chi connectivity index (χ0v) is 15.0. The van der Waals surface area contributed by atoms with E-state index in [1.165, 1.54) is 57.8 Å². The Bertz CT molecular complexity index is 278. The van der Waals surface area contributed by atoms with Crippen molar-refractivity contribution in [2.24, 2.45) is 29.6 Å². The average Bonchev–Trinajstić information content (AvgIpc) is 2.52. The minimum absolute atomic E-state index is 0.817. The predicted octanol–water partition coefficient (Wildman–Crippen LogP) is 5.64. The van der Waals surface area contributed by atoms with Crippen LogP contribution in [0.5, 0.6) is 0 Å². The fraction of sp³-hybridized carbons (Fsp3) is 1.00. The Hall–Kier alpha value is -0.0400. The summed E-state index contributed by atoms with van der Waals surface area (Å²) in [5, 5.41) is 3.91. The molecule has 0 aromatic carbocycles. The van der Waals surface area contributed by atoms with Gasteiger partial charge in [-0.15, -0.1) is 0 Å². The maximum Gasteiger partial charge on any atom is 0.0124 e. The van der Waals surface area contributed by atoms with Crippen LogP contribution < -0.4 is 5.32 Å². The SMILES string of the molecule is CCNC(C1CCC(C(C)C)CC1)C1CCCC(CC)C1. The molecule has 2 fully saturated rings. The minimum Gasteiger partial charge on any atom is -0.314 e. The van der Waals surface area contributed by atoms with Gasteiger partial charge in [0.25, 0.3) is 0 Å². The number of rotatable bonds is 6. The molecule has 3 atom stereocenters. The van der Waals surface area contributed by atoms with Gasteiger partial charge in [-0.2, -0.15) is 0 Å². The van der Waals surface area contributed by atoms with Crippen molar-refractivity contribution in [3.63, 3.8) is 0 Å². The third kappa shape index (κ3) is 4.71. The van der Waals surface area contributed by atoms with Crippen LogP contribution in [-0.2, 0) is 0 Å². The summed E-state index contributed by atoms with van der Waals surface area (Å²) in [5.41, 5.74) is 0. The van der Waals surface area contributed by atoms with Crippen molar-refractivity contribution in [2.75, 3.05) is 6.54 Å². The second-order valence-corrected chi connectivity index (χ2v) is 8.20. The van der Waals surface area contributed by atoms with Gasteiger partial charge >= 0.3 is 0 Å². The summed E-state index contributed by atoms with van der Waals surface area (Å²) in [7, 11) is 0. The molecule has 2 saturated carbocycles. The highest BCUT2D eigenvalue weighted by atomic mass is 14.9. The third-order valence-electron chi connectivity index (χ3n) is 6.62. The quantitative estimate of drug-likeness (QED) is 0.668. The van der Waals surface area contributed by atoms with E-state index >= 15 is 0 Å². The van der Waals surface area contributed by atoms with E-state index < -0.39 is 0 Å². The van der Waals surface area contributed by atoms with Crippen molar-refractivity contribution in [1.29, 1.82) is 0 Å². The van der Waals surface area contributed by atoms with Crippen LogP contribution in [0.4, 0.5) is 0 Å². The molecule has 21 heavy (non-hydrogen) atoms. The first kappa shape index (κ1) is 17.3. The molecule has 3 unspecified atom stereocenters. The molecule has 0 amide bonds. The van der Waals surface area contributed by atoms with Crippen LogP contribution in [-0.4, -0.2) is 12.6 Å². The topological polar surface area (TPSA) is 12.0 Å². The lowest BCUT2D eigenvalue weighted by atomic mass is 9.68. The van der Waals surface area contributed by atoms with Crippen molar-refractivity contribution in [1.82, 2.24) is 5.32 Å². The van der Waals surface area contributed by atoms with Crippen LogP contribution in [0.15, 0.2) is 0 Å². The zero-order valence-electron chi connectivity index (χ0n) is 15.0. The second-order valence-electron chi connectivity index (χ2n) is 8.20. The smallest absolute Gasteiger partial charge is 0.0124 e. The highest BCUT2D eigenvalue weighted by Gasteiger charge is 2.34. The molecule has 0 saturated heterocycles. The molecular weight excluding hydrogens is 254 g/mol. The summed E-state index contributed by atoms with van der Waals surface area (Å²) in [5.74, 6) is 4.82. The van der Waals surface area contributed by atoms with Crippen LogP contribution in [0.3, 0.4) is 0 Å². The van der Waals surface area contributed by atoms with E-state index in [1.807, 2.05) is 0 Å². The van der Waals surface area contributed by atoms with E-state index in [1.54, 1.807) is 0 Å². The molecule has 124 valence electrons. The van der Waals surface area contributed by atoms with E-state index in [0.717, 1.165) is 42.2 Å². The maximum atomic E-state index is 3.91. The Morgan fingerprint density at radius 1 is 0.857 bits per heavy atom. The summed E-state index contributed by atoms with van der Waals surface area (Å²) in [6.07, 6.45) is 13.3. The molecule has 2 aliphatic carbocycles. The second kappa shape index (κ2) is 8.56. The van der Waals surface area contributed by atoms with Crippen LogP contribution in [0.2, 0.25) is 0 Å². The van der Waals surface area contributed by atoms with Gasteiger partial charge in [-0.1, -0.05) is 47.0 Å². The van der Waals surface area contributed by atoms with Gasteiger partial charge < -0.3 is 5.32 Å². The summed E-state index contributed by atoms with van der Waals surface area (Å²) >= 11 is 0. The van der Waals surface area contributed by atoms with Gasteiger partial charge in [0.1, 0.15) is 0 Å². The Morgan fingerprint density at radius 2 is 1.52 bits per heavy atom. The van der Waals surface area contributed by atoms with Gasteiger partial charge in [0, 0.05) is 6.04 Å². The lowest BCUT2D eigenvalue weighted by molar-refractivity contribution is 0.122. The summed E-state index contributed by atoms with van der Waals surface area (Å²) in [4.78, 5) is 0.